The van der Waals surface area contributed by atoms with Crippen molar-refractivity contribution in [3.05, 3.63) is 134 Å². The van der Waals surface area contributed by atoms with Crippen LogP contribution in [-0.4, -0.2) is 129 Å². The van der Waals surface area contributed by atoms with Crippen LogP contribution in [0.5, 0.6) is 0 Å². The normalized spacial score (nSPS) is 17.0. The van der Waals surface area contributed by atoms with Crippen molar-refractivity contribution < 1.29 is 38.1 Å². The van der Waals surface area contributed by atoms with Crippen molar-refractivity contribution in [3.8, 4) is 16.9 Å². The van der Waals surface area contributed by atoms with E-state index in [1.165, 1.54) is 15.2 Å². The van der Waals surface area contributed by atoms with Gasteiger partial charge in [-0.2, -0.15) is 0 Å². The molecule has 0 bridgehead atoms. The Kier molecular flexibility index (Phi) is 15.2. The number of rotatable bonds is 21. The van der Waals surface area contributed by atoms with Crippen LogP contribution >= 0.6 is 0 Å². The molecule has 3 aromatic heterocycles. The number of aryl methyl sites for hydroxylation is 1. The lowest BCUT2D eigenvalue weighted by Gasteiger charge is -2.36. The second-order valence-electron chi connectivity index (χ2n) is 19.3. The number of carbonyl (C=O) groups is 4. The minimum Gasteiger partial charge on any atom is -0.392 e. The number of halogens is 1. The summed E-state index contributed by atoms with van der Waals surface area (Å²) in [6.45, 7) is 6.33. The van der Waals surface area contributed by atoms with Gasteiger partial charge in [0.2, 0.25) is 11.8 Å². The summed E-state index contributed by atoms with van der Waals surface area (Å²) < 4.78 is 29.7. The van der Waals surface area contributed by atoms with E-state index in [0.29, 0.717) is 78.3 Å². The molecule has 0 spiro atoms. The summed E-state index contributed by atoms with van der Waals surface area (Å²) in [5, 5.41) is 19.7. The summed E-state index contributed by atoms with van der Waals surface area (Å²) in [6.07, 6.45) is 10.2. The maximum absolute atomic E-state index is 15.4. The summed E-state index contributed by atoms with van der Waals surface area (Å²) in [7, 11) is 1.61. The van der Waals surface area contributed by atoms with Gasteiger partial charge in [-0.25, -0.2) is 14.4 Å². The van der Waals surface area contributed by atoms with E-state index in [1.54, 1.807) is 68.1 Å². The second-order valence-corrected chi connectivity index (χ2v) is 19.3. The molecule has 6 heterocycles. The number of hydrogen-bond donors (Lipinski definition) is 4. The SMILES string of the molecule is Cn1cc(-c2cccc(-n3ccc4cc(C5CC5)cc(F)c4c3=O)c2CO)nc(Nc2ccc(N3CCN(CCCCCOCCOCCNc4cccc5c4C(=O)N(C4CCC(=O)NC4=O)C5=O)CC3)cn2)c1=O. The average Bonchev–Trinajstić information content (AvgIpc) is 4.24. The molecule has 6 aromatic rings. The number of nitrogens with one attached hydrogen (secondary N) is 3. The molecule has 19 nitrogen and oxygen atoms in total. The summed E-state index contributed by atoms with van der Waals surface area (Å²) in [5.74, 6) is -1.94. The van der Waals surface area contributed by atoms with Gasteiger partial charge in [-0.1, -0.05) is 24.3 Å². The molecule has 1 aliphatic carbocycles. The number of piperazine rings is 1. The minimum absolute atomic E-state index is 0.0121. The van der Waals surface area contributed by atoms with Crippen molar-refractivity contribution in [2.75, 3.05) is 81.2 Å². The fraction of sp³-hybridized carbons (Fsp3) is 0.382. The predicted octanol–water partition coefficient (Wildman–Crippen LogP) is 5.24. The van der Waals surface area contributed by atoms with Gasteiger partial charge in [0, 0.05) is 82.0 Å². The highest BCUT2D eigenvalue weighted by Gasteiger charge is 2.45. The van der Waals surface area contributed by atoms with E-state index >= 15 is 4.39 Å². The lowest BCUT2D eigenvalue weighted by Crippen LogP contribution is -2.54. The average molecular weight is 1020 g/mol. The molecule has 2 saturated heterocycles. The van der Waals surface area contributed by atoms with Crippen LogP contribution in [0.4, 0.5) is 27.4 Å². The summed E-state index contributed by atoms with van der Waals surface area (Å²) in [5.41, 5.74) is 3.52. The van der Waals surface area contributed by atoms with Gasteiger partial charge in [-0.15, -0.1) is 0 Å². The minimum atomic E-state index is -1.02. The zero-order valence-corrected chi connectivity index (χ0v) is 41.7. The summed E-state index contributed by atoms with van der Waals surface area (Å²) >= 11 is 0. The fourth-order valence-electron chi connectivity index (χ4n) is 10.2. The largest absolute Gasteiger partial charge is 0.392 e. The third-order valence-electron chi connectivity index (χ3n) is 14.3. The first-order valence-corrected chi connectivity index (χ1v) is 25.6. The van der Waals surface area contributed by atoms with E-state index < -0.39 is 47.7 Å². The van der Waals surface area contributed by atoms with Crippen LogP contribution in [0.25, 0.3) is 27.7 Å². The number of amides is 4. The van der Waals surface area contributed by atoms with Crippen molar-refractivity contribution in [2.24, 2.45) is 7.05 Å². The molecule has 4 N–H and O–H groups in total. The van der Waals surface area contributed by atoms with Crippen LogP contribution < -0.4 is 32.0 Å². The molecule has 20 heteroatoms. The molecule has 10 rings (SSSR count). The molecule has 1 saturated carbocycles. The van der Waals surface area contributed by atoms with E-state index in [4.69, 9.17) is 9.47 Å². The molecule has 3 aromatic carbocycles. The van der Waals surface area contributed by atoms with Crippen LogP contribution in [0, 0.1) is 5.82 Å². The third kappa shape index (κ3) is 11.0. The van der Waals surface area contributed by atoms with Crippen LogP contribution in [0.2, 0.25) is 0 Å². The topological polar surface area (TPSA) is 223 Å². The molecule has 4 aliphatic rings. The van der Waals surface area contributed by atoms with E-state index in [-0.39, 0.29) is 40.7 Å². The molecular formula is C55H59FN10O9. The Labute approximate surface area is 431 Å². The maximum atomic E-state index is 15.4. The maximum Gasteiger partial charge on any atom is 0.293 e. The number of carbonyl (C=O) groups excluding carboxylic acids is 4. The first kappa shape index (κ1) is 50.9. The van der Waals surface area contributed by atoms with Gasteiger partial charge in [0.15, 0.2) is 5.82 Å². The number of aliphatic hydroxyl groups is 1. The van der Waals surface area contributed by atoms with Gasteiger partial charge < -0.3 is 34.7 Å². The number of hydrogen-bond acceptors (Lipinski definition) is 15. The number of unbranched alkanes of at least 4 members (excludes halogenated alkanes) is 2. The van der Waals surface area contributed by atoms with E-state index in [1.807, 2.05) is 18.2 Å². The van der Waals surface area contributed by atoms with Crippen molar-refractivity contribution in [1.82, 2.24) is 34.2 Å². The number of fused-ring (bicyclic) bond motifs is 2. The number of pyridine rings is 2. The van der Waals surface area contributed by atoms with Crippen LogP contribution in [0.1, 0.15) is 82.7 Å². The van der Waals surface area contributed by atoms with Crippen LogP contribution in [0.15, 0.2) is 94.9 Å². The number of aromatic nitrogens is 4. The van der Waals surface area contributed by atoms with Gasteiger partial charge in [-0.3, -0.25) is 48.5 Å². The number of nitrogens with zero attached hydrogens (tertiary/aromatic N) is 7. The number of aliphatic hydroxyl groups excluding tert-OH is 1. The Bertz CT molecular complexity index is 3280. The van der Waals surface area contributed by atoms with Gasteiger partial charge in [0.1, 0.15) is 17.7 Å². The predicted molar refractivity (Wildman–Crippen MR) is 279 cm³/mol. The van der Waals surface area contributed by atoms with Gasteiger partial charge in [-0.05, 0) is 104 Å². The number of piperidine rings is 1. The highest BCUT2D eigenvalue weighted by molar-refractivity contribution is 6.25. The molecule has 75 heavy (non-hydrogen) atoms. The van der Waals surface area contributed by atoms with E-state index in [0.717, 1.165) is 81.0 Å². The Morgan fingerprint density at radius 1 is 0.827 bits per heavy atom. The Hall–Kier alpha value is -7.65. The van der Waals surface area contributed by atoms with Crippen molar-refractivity contribution in [1.29, 1.82) is 0 Å². The molecule has 1 atom stereocenters. The third-order valence-corrected chi connectivity index (χ3v) is 14.3. The fourth-order valence-corrected chi connectivity index (χ4v) is 10.2. The summed E-state index contributed by atoms with van der Waals surface area (Å²) in [6, 6.07) is 17.9. The zero-order chi connectivity index (χ0) is 52.2. The Balaban J connectivity index is 0.634. The number of ether oxygens (including phenoxy) is 2. The Morgan fingerprint density at radius 3 is 2.37 bits per heavy atom. The van der Waals surface area contributed by atoms with Crippen LogP contribution in [-0.2, 0) is 32.7 Å². The lowest BCUT2D eigenvalue weighted by molar-refractivity contribution is -0.136. The number of imide groups is 2. The van der Waals surface area contributed by atoms with Gasteiger partial charge in [0.05, 0.1) is 66.2 Å². The first-order chi connectivity index (χ1) is 36.5. The van der Waals surface area contributed by atoms with Crippen molar-refractivity contribution in [3.63, 3.8) is 0 Å². The highest BCUT2D eigenvalue weighted by Crippen LogP contribution is 2.41. The summed E-state index contributed by atoms with van der Waals surface area (Å²) in [4.78, 5) is 92.5. The molecule has 4 amide bonds. The first-order valence-electron chi connectivity index (χ1n) is 25.6. The van der Waals surface area contributed by atoms with Gasteiger partial charge in [0.25, 0.3) is 22.9 Å². The number of anilines is 4. The monoisotopic (exact) mass is 1020 g/mol. The molecule has 0 radical (unpaired) electrons. The number of benzene rings is 3. The van der Waals surface area contributed by atoms with Crippen molar-refractivity contribution in [2.45, 2.75) is 63.5 Å². The Morgan fingerprint density at radius 2 is 1.61 bits per heavy atom. The molecular weight excluding hydrogens is 964 g/mol. The molecule has 3 aliphatic heterocycles. The quantitative estimate of drug-likeness (QED) is 0.0535. The van der Waals surface area contributed by atoms with Gasteiger partial charge >= 0.3 is 0 Å². The van der Waals surface area contributed by atoms with E-state index in [2.05, 4.69) is 35.7 Å². The molecule has 390 valence electrons. The smallest absolute Gasteiger partial charge is 0.293 e. The molecule has 1 unspecified atom stereocenters. The van der Waals surface area contributed by atoms with Crippen LogP contribution in [0.3, 0.4) is 0 Å². The zero-order valence-electron chi connectivity index (χ0n) is 41.7. The highest BCUT2D eigenvalue weighted by atomic mass is 19.1. The lowest BCUT2D eigenvalue weighted by atomic mass is 10.0. The molecule has 3 fully saturated rings. The van der Waals surface area contributed by atoms with E-state index in [9.17, 15) is 33.9 Å². The second kappa shape index (κ2) is 22.4. The standard InChI is InChI=1S/C55H59FN10O9/c1-62-32-43(38-7-6-10-44(40(38)33-67)65-20-17-35-29-36(34-11-12-34)30-41(56)48(35)53(65)71)59-50(55(62)73)60-46-15-13-37(31-58-46)64-23-21-63(22-24-64)19-3-2-4-25-74-27-28-75-26-18-57-42-9-5-8-39-49(42)54(72)66(52(39)70)45-14-16-47(68)61-51(45)69/h5-10,13,15,17,20,29-32,34,45,57,67H,2-4,11-12,14,16,18-19,21-28,33H2,1H3,(H,58,59,60)(H,61,68,69). The van der Waals surface area contributed by atoms with Crippen molar-refractivity contribution >= 4 is 57.4 Å².